The van der Waals surface area contributed by atoms with Gasteiger partial charge in [0.2, 0.25) is 5.91 Å². The fourth-order valence-electron chi connectivity index (χ4n) is 3.29. The molecule has 9 heteroatoms. The van der Waals surface area contributed by atoms with Crippen LogP contribution in [0.4, 0.5) is 27.6 Å². The lowest BCUT2D eigenvalue weighted by Crippen LogP contribution is -2.34. The molecule has 0 bridgehead atoms. The van der Waals surface area contributed by atoms with E-state index in [9.17, 15) is 31.9 Å². The molecular weight excluding hydrogens is 383 g/mol. The number of halogens is 5. The van der Waals surface area contributed by atoms with Gasteiger partial charge in [-0.15, -0.1) is 0 Å². The average molecular weight is 400 g/mol. The van der Waals surface area contributed by atoms with Crippen molar-refractivity contribution in [2.24, 2.45) is 0 Å². The Bertz CT molecular complexity index is 872. The highest BCUT2D eigenvalue weighted by molar-refractivity contribution is 5.92. The molecule has 1 saturated heterocycles. The average Bonchev–Trinajstić information content (AvgIpc) is 2.97. The molecule has 0 radical (unpaired) electrons. The predicted molar refractivity (Wildman–Crippen MR) is 91.4 cm³/mol. The SMILES string of the molecule is O=C(CN1C[C@@H](O)C[C@@H]1c1cccc(C(F)(F)F)c1)Nc1cc(F)ccc1F. The summed E-state index contributed by atoms with van der Waals surface area (Å²) in [6.07, 6.45) is -5.17. The van der Waals surface area contributed by atoms with Gasteiger partial charge in [0, 0.05) is 18.7 Å². The number of aliphatic hydroxyl groups is 1. The monoisotopic (exact) mass is 400 g/mol. The molecule has 2 aromatic carbocycles. The van der Waals surface area contributed by atoms with Crippen molar-refractivity contribution in [3.05, 3.63) is 65.2 Å². The second-order valence-electron chi connectivity index (χ2n) is 6.63. The predicted octanol–water partition coefficient (Wildman–Crippen LogP) is 3.73. The van der Waals surface area contributed by atoms with Gasteiger partial charge < -0.3 is 10.4 Å². The summed E-state index contributed by atoms with van der Waals surface area (Å²) in [6, 6.07) is 6.69. The molecular formula is C19H17F5N2O2. The number of anilines is 1. The summed E-state index contributed by atoms with van der Waals surface area (Å²) in [5.41, 5.74) is -0.839. The van der Waals surface area contributed by atoms with Crippen LogP contribution in [0.15, 0.2) is 42.5 Å². The Balaban J connectivity index is 1.75. The second-order valence-corrected chi connectivity index (χ2v) is 6.63. The van der Waals surface area contributed by atoms with E-state index < -0.39 is 41.4 Å². The maximum Gasteiger partial charge on any atom is 0.416 e. The Labute approximate surface area is 157 Å². The van der Waals surface area contributed by atoms with Gasteiger partial charge in [-0.05, 0) is 36.2 Å². The fraction of sp³-hybridized carbons (Fsp3) is 0.316. The molecule has 0 aliphatic carbocycles. The van der Waals surface area contributed by atoms with Crippen molar-refractivity contribution in [3.63, 3.8) is 0 Å². The third-order valence-electron chi connectivity index (χ3n) is 4.53. The Morgan fingerprint density at radius 1 is 1.18 bits per heavy atom. The number of hydrogen-bond donors (Lipinski definition) is 2. The van der Waals surface area contributed by atoms with Crippen molar-refractivity contribution in [1.29, 1.82) is 0 Å². The summed E-state index contributed by atoms with van der Waals surface area (Å²) in [7, 11) is 0. The largest absolute Gasteiger partial charge is 0.416 e. The van der Waals surface area contributed by atoms with Crippen LogP contribution in [0.3, 0.4) is 0 Å². The van der Waals surface area contributed by atoms with Gasteiger partial charge in [0.25, 0.3) is 0 Å². The van der Waals surface area contributed by atoms with Crippen molar-refractivity contribution >= 4 is 11.6 Å². The zero-order valence-corrected chi connectivity index (χ0v) is 14.5. The Hall–Kier alpha value is -2.52. The molecule has 2 aromatic rings. The van der Waals surface area contributed by atoms with Crippen molar-refractivity contribution in [3.8, 4) is 0 Å². The number of aliphatic hydroxyl groups excluding tert-OH is 1. The number of β-amino-alcohol motifs (C(OH)–C–C–N with tert-alkyl or cyclic N) is 1. The zero-order chi connectivity index (χ0) is 20.5. The lowest BCUT2D eigenvalue weighted by Gasteiger charge is -2.24. The molecule has 3 rings (SSSR count). The van der Waals surface area contributed by atoms with Gasteiger partial charge in [-0.25, -0.2) is 8.78 Å². The molecule has 0 spiro atoms. The fourth-order valence-corrected chi connectivity index (χ4v) is 3.29. The summed E-state index contributed by atoms with van der Waals surface area (Å²) < 4.78 is 65.8. The highest BCUT2D eigenvalue weighted by atomic mass is 19.4. The molecule has 150 valence electrons. The van der Waals surface area contributed by atoms with Crippen molar-refractivity contribution < 1.29 is 31.9 Å². The van der Waals surface area contributed by atoms with Gasteiger partial charge >= 0.3 is 6.18 Å². The molecule has 1 fully saturated rings. The number of carbonyl (C=O) groups excluding carboxylic acids is 1. The first-order valence-electron chi connectivity index (χ1n) is 8.47. The molecule has 2 N–H and O–H groups in total. The smallest absolute Gasteiger partial charge is 0.392 e. The van der Waals surface area contributed by atoms with E-state index in [0.717, 1.165) is 30.3 Å². The number of carbonyl (C=O) groups is 1. The molecule has 1 amide bonds. The van der Waals surface area contributed by atoms with Gasteiger partial charge in [0.15, 0.2) is 0 Å². The Morgan fingerprint density at radius 3 is 2.64 bits per heavy atom. The van der Waals surface area contributed by atoms with E-state index in [2.05, 4.69) is 5.32 Å². The van der Waals surface area contributed by atoms with Crippen LogP contribution in [-0.4, -0.2) is 35.1 Å². The molecule has 0 aromatic heterocycles. The first-order chi connectivity index (χ1) is 13.1. The molecule has 1 heterocycles. The standard InChI is InChI=1S/C19H17F5N2O2/c20-13-4-5-15(21)16(7-13)25-18(28)10-26-9-14(27)8-17(26)11-2-1-3-12(6-11)19(22,23)24/h1-7,14,17,27H,8-10H2,(H,25,28)/t14-,17+/m0/s1. The van der Waals surface area contributed by atoms with Crippen LogP contribution in [0.5, 0.6) is 0 Å². The van der Waals surface area contributed by atoms with Crippen LogP contribution in [0.25, 0.3) is 0 Å². The van der Waals surface area contributed by atoms with Gasteiger partial charge in [0.05, 0.1) is 23.9 Å². The molecule has 0 unspecified atom stereocenters. The minimum Gasteiger partial charge on any atom is -0.392 e. The number of amides is 1. The summed E-state index contributed by atoms with van der Waals surface area (Å²) in [5, 5.41) is 12.2. The van der Waals surface area contributed by atoms with Crippen molar-refractivity contribution in [2.75, 3.05) is 18.4 Å². The number of benzene rings is 2. The molecule has 2 atom stereocenters. The van der Waals surface area contributed by atoms with Crippen molar-refractivity contribution in [1.82, 2.24) is 4.90 Å². The Morgan fingerprint density at radius 2 is 1.93 bits per heavy atom. The molecule has 1 aliphatic heterocycles. The van der Waals surface area contributed by atoms with Crippen molar-refractivity contribution in [2.45, 2.75) is 24.7 Å². The van der Waals surface area contributed by atoms with Crippen LogP contribution >= 0.6 is 0 Å². The van der Waals surface area contributed by atoms with E-state index in [1.54, 1.807) is 0 Å². The maximum atomic E-state index is 13.7. The first-order valence-corrected chi connectivity index (χ1v) is 8.47. The van der Waals surface area contributed by atoms with E-state index in [1.165, 1.54) is 17.0 Å². The van der Waals surface area contributed by atoms with Gasteiger partial charge in [0.1, 0.15) is 11.6 Å². The molecule has 4 nitrogen and oxygen atoms in total. The van der Waals surface area contributed by atoms with Gasteiger partial charge in [-0.1, -0.05) is 12.1 Å². The highest BCUT2D eigenvalue weighted by Crippen LogP contribution is 2.36. The van der Waals surface area contributed by atoms with Crippen LogP contribution in [0.2, 0.25) is 0 Å². The minimum absolute atomic E-state index is 0.0694. The summed E-state index contributed by atoms with van der Waals surface area (Å²) in [5.74, 6) is -2.21. The number of rotatable bonds is 4. The summed E-state index contributed by atoms with van der Waals surface area (Å²) in [6.45, 7) is -0.228. The second kappa shape index (κ2) is 7.84. The normalized spacial score (nSPS) is 20.4. The van der Waals surface area contributed by atoms with Crippen LogP contribution in [0, 0.1) is 11.6 Å². The maximum absolute atomic E-state index is 13.7. The molecule has 0 saturated carbocycles. The lowest BCUT2D eigenvalue weighted by atomic mass is 10.0. The van der Waals surface area contributed by atoms with E-state index in [1.807, 2.05) is 0 Å². The quantitative estimate of drug-likeness (QED) is 0.769. The third-order valence-corrected chi connectivity index (χ3v) is 4.53. The number of hydrogen-bond acceptors (Lipinski definition) is 3. The number of nitrogens with one attached hydrogen (secondary N) is 1. The van der Waals surface area contributed by atoms with E-state index >= 15 is 0 Å². The van der Waals surface area contributed by atoms with E-state index in [0.29, 0.717) is 5.56 Å². The van der Waals surface area contributed by atoms with Crippen LogP contribution in [-0.2, 0) is 11.0 Å². The highest BCUT2D eigenvalue weighted by Gasteiger charge is 2.36. The zero-order valence-electron chi connectivity index (χ0n) is 14.5. The first kappa shape index (κ1) is 20.2. The number of alkyl halides is 3. The number of nitrogens with zero attached hydrogens (tertiary/aromatic N) is 1. The van der Waals surface area contributed by atoms with Gasteiger partial charge in [-0.3, -0.25) is 9.69 Å². The third kappa shape index (κ3) is 4.66. The Kier molecular flexibility index (Phi) is 5.66. The van der Waals surface area contributed by atoms with E-state index in [-0.39, 0.29) is 25.2 Å². The van der Waals surface area contributed by atoms with E-state index in [4.69, 9.17) is 0 Å². The van der Waals surface area contributed by atoms with Gasteiger partial charge in [-0.2, -0.15) is 13.2 Å². The summed E-state index contributed by atoms with van der Waals surface area (Å²) >= 11 is 0. The summed E-state index contributed by atoms with van der Waals surface area (Å²) in [4.78, 5) is 13.7. The molecule has 28 heavy (non-hydrogen) atoms. The topological polar surface area (TPSA) is 52.6 Å². The minimum atomic E-state index is -4.51. The molecule has 1 aliphatic rings. The lowest BCUT2D eigenvalue weighted by molar-refractivity contribution is -0.137. The number of likely N-dealkylation sites (tertiary alicyclic amines) is 1. The van der Waals surface area contributed by atoms with Crippen LogP contribution < -0.4 is 5.32 Å². The van der Waals surface area contributed by atoms with Crippen LogP contribution in [0.1, 0.15) is 23.6 Å².